The van der Waals surface area contributed by atoms with Crippen molar-refractivity contribution in [2.45, 2.75) is 30.6 Å². The third kappa shape index (κ3) is 2.70. The zero-order valence-electron chi connectivity index (χ0n) is 9.91. The molecule has 16 heavy (non-hydrogen) atoms. The lowest BCUT2D eigenvalue weighted by molar-refractivity contribution is -0.119. The largest absolute Gasteiger partial charge is 0.398 e. The summed E-state index contributed by atoms with van der Waals surface area (Å²) >= 11 is 1.60. The molecule has 1 amide bonds. The molecular formula is C12H18N2OS. The zero-order chi connectivity index (χ0) is 12.3. The Kier molecular flexibility index (Phi) is 3.86. The van der Waals surface area contributed by atoms with Crippen molar-refractivity contribution in [2.75, 3.05) is 12.0 Å². The van der Waals surface area contributed by atoms with Gasteiger partial charge in [-0.25, -0.2) is 0 Å². The van der Waals surface area contributed by atoms with Crippen molar-refractivity contribution in [1.29, 1.82) is 0 Å². The molecule has 0 spiro atoms. The van der Waals surface area contributed by atoms with Crippen molar-refractivity contribution in [3.63, 3.8) is 0 Å². The molecule has 3 nitrogen and oxygen atoms in total. The van der Waals surface area contributed by atoms with E-state index in [-0.39, 0.29) is 11.3 Å². The smallest absolute Gasteiger partial charge is 0.218 e. The van der Waals surface area contributed by atoms with Crippen molar-refractivity contribution in [2.24, 2.45) is 5.73 Å². The minimum absolute atomic E-state index is 0.278. The van der Waals surface area contributed by atoms with Crippen LogP contribution in [-0.2, 0) is 10.2 Å². The Labute approximate surface area is 101 Å². The SMILES string of the molecule is CSc1c(N)cccc1C(C)(C)CC(N)=O. The van der Waals surface area contributed by atoms with Gasteiger partial charge in [-0.1, -0.05) is 26.0 Å². The number of hydrogen-bond acceptors (Lipinski definition) is 3. The third-order valence-corrected chi connectivity index (χ3v) is 3.46. The summed E-state index contributed by atoms with van der Waals surface area (Å²) in [5.41, 5.74) is 12.7. The molecule has 0 aliphatic carbocycles. The molecule has 0 radical (unpaired) electrons. The first-order chi connectivity index (χ1) is 7.38. The van der Waals surface area contributed by atoms with Gasteiger partial charge in [-0.2, -0.15) is 0 Å². The molecule has 0 saturated heterocycles. The maximum Gasteiger partial charge on any atom is 0.218 e. The van der Waals surface area contributed by atoms with Crippen LogP contribution in [0.4, 0.5) is 5.69 Å². The number of nitrogens with two attached hydrogens (primary N) is 2. The van der Waals surface area contributed by atoms with Gasteiger partial charge in [0.2, 0.25) is 5.91 Å². The minimum atomic E-state index is -0.292. The molecule has 1 aromatic carbocycles. The fraction of sp³-hybridized carbons (Fsp3) is 0.417. The van der Waals surface area contributed by atoms with E-state index in [0.717, 1.165) is 16.1 Å². The maximum atomic E-state index is 11.1. The first-order valence-electron chi connectivity index (χ1n) is 5.09. The summed E-state index contributed by atoms with van der Waals surface area (Å²) < 4.78 is 0. The number of thioether (sulfide) groups is 1. The highest BCUT2D eigenvalue weighted by Crippen LogP contribution is 2.37. The van der Waals surface area contributed by atoms with Crippen molar-refractivity contribution >= 4 is 23.4 Å². The molecular weight excluding hydrogens is 220 g/mol. The van der Waals surface area contributed by atoms with E-state index >= 15 is 0 Å². The summed E-state index contributed by atoms with van der Waals surface area (Å²) in [6, 6.07) is 5.79. The predicted molar refractivity (Wildman–Crippen MR) is 69.5 cm³/mol. The number of nitrogen functional groups attached to an aromatic ring is 1. The fourth-order valence-electron chi connectivity index (χ4n) is 1.85. The highest BCUT2D eigenvalue weighted by molar-refractivity contribution is 7.98. The van der Waals surface area contributed by atoms with E-state index < -0.39 is 0 Å². The van der Waals surface area contributed by atoms with Crippen LogP contribution in [0.25, 0.3) is 0 Å². The highest BCUT2D eigenvalue weighted by Gasteiger charge is 2.26. The number of rotatable bonds is 4. The Morgan fingerprint density at radius 3 is 2.56 bits per heavy atom. The minimum Gasteiger partial charge on any atom is -0.398 e. The first kappa shape index (κ1) is 12.9. The lowest BCUT2D eigenvalue weighted by Crippen LogP contribution is -2.27. The molecule has 0 fully saturated rings. The predicted octanol–water partition coefficient (Wildman–Crippen LogP) is 2.14. The van der Waals surface area contributed by atoms with Crippen LogP contribution >= 0.6 is 11.8 Å². The first-order valence-corrected chi connectivity index (χ1v) is 6.32. The molecule has 0 aliphatic heterocycles. The Hall–Kier alpha value is -1.16. The molecule has 4 N–H and O–H groups in total. The van der Waals surface area contributed by atoms with Gasteiger partial charge in [0.15, 0.2) is 0 Å². The van der Waals surface area contributed by atoms with E-state index in [1.54, 1.807) is 11.8 Å². The molecule has 0 bridgehead atoms. The van der Waals surface area contributed by atoms with E-state index in [2.05, 4.69) is 0 Å². The van der Waals surface area contributed by atoms with Crippen LogP contribution in [0, 0.1) is 0 Å². The van der Waals surface area contributed by atoms with Crippen LogP contribution in [0.3, 0.4) is 0 Å². The summed E-state index contributed by atoms with van der Waals surface area (Å²) in [6.45, 7) is 4.01. The molecule has 88 valence electrons. The molecule has 1 aromatic rings. The Morgan fingerprint density at radius 2 is 2.06 bits per heavy atom. The molecule has 1 rings (SSSR count). The van der Waals surface area contributed by atoms with Crippen LogP contribution in [0.5, 0.6) is 0 Å². The van der Waals surface area contributed by atoms with Gasteiger partial charge in [-0.3, -0.25) is 4.79 Å². The summed E-state index contributed by atoms with van der Waals surface area (Å²) in [4.78, 5) is 12.1. The van der Waals surface area contributed by atoms with Gasteiger partial charge in [-0.15, -0.1) is 11.8 Å². The Morgan fingerprint density at radius 1 is 1.44 bits per heavy atom. The van der Waals surface area contributed by atoms with E-state index in [9.17, 15) is 4.79 Å². The standard InChI is InChI=1S/C12H18N2OS/c1-12(2,7-10(14)15)8-5-4-6-9(13)11(8)16-3/h4-6H,7,13H2,1-3H3,(H2,14,15). The van der Waals surface area contributed by atoms with Crippen LogP contribution < -0.4 is 11.5 Å². The van der Waals surface area contributed by atoms with Gasteiger partial charge in [0.05, 0.1) is 0 Å². The lowest BCUT2D eigenvalue weighted by atomic mass is 9.81. The Balaban J connectivity index is 3.21. The number of hydrogen-bond donors (Lipinski definition) is 2. The second-order valence-electron chi connectivity index (χ2n) is 4.46. The summed E-state index contributed by atoms with van der Waals surface area (Å²) in [6.07, 6.45) is 2.31. The summed E-state index contributed by atoms with van der Waals surface area (Å²) in [5, 5.41) is 0. The molecule has 0 heterocycles. The molecule has 0 aromatic heterocycles. The van der Waals surface area contributed by atoms with Gasteiger partial charge < -0.3 is 11.5 Å². The normalized spacial score (nSPS) is 11.4. The van der Waals surface area contributed by atoms with Gasteiger partial charge in [0, 0.05) is 17.0 Å². The van der Waals surface area contributed by atoms with Crippen molar-refractivity contribution in [3.05, 3.63) is 23.8 Å². The highest BCUT2D eigenvalue weighted by atomic mass is 32.2. The van der Waals surface area contributed by atoms with Gasteiger partial charge >= 0.3 is 0 Å². The maximum absolute atomic E-state index is 11.1. The van der Waals surface area contributed by atoms with Crippen molar-refractivity contribution in [3.8, 4) is 0 Å². The van der Waals surface area contributed by atoms with Crippen LogP contribution in [0.15, 0.2) is 23.1 Å². The van der Waals surface area contributed by atoms with E-state index in [4.69, 9.17) is 11.5 Å². The van der Waals surface area contributed by atoms with Crippen molar-refractivity contribution < 1.29 is 4.79 Å². The van der Waals surface area contributed by atoms with Gasteiger partial charge in [0.1, 0.15) is 0 Å². The fourth-order valence-corrected chi connectivity index (χ4v) is 2.71. The number of carbonyl (C=O) groups excluding carboxylic acids is 1. The average Bonchev–Trinajstić information content (AvgIpc) is 2.15. The van der Waals surface area contributed by atoms with E-state index in [1.165, 1.54) is 0 Å². The number of benzene rings is 1. The topological polar surface area (TPSA) is 69.1 Å². The van der Waals surface area contributed by atoms with Crippen LogP contribution in [0.2, 0.25) is 0 Å². The number of amides is 1. The number of carbonyl (C=O) groups is 1. The number of primary amides is 1. The molecule has 0 unspecified atom stereocenters. The average molecular weight is 238 g/mol. The van der Waals surface area contributed by atoms with Gasteiger partial charge in [-0.05, 0) is 23.3 Å². The second kappa shape index (κ2) is 4.78. The van der Waals surface area contributed by atoms with E-state index in [1.807, 2.05) is 38.3 Å². The van der Waals surface area contributed by atoms with Crippen LogP contribution in [0.1, 0.15) is 25.8 Å². The molecule has 0 aliphatic rings. The van der Waals surface area contributed by atoms with Crippen LogP contribution in [-0.4, -0.2) is 12.2 Å². The summed E-state index contributed by atoms with van der Waals surface area (Å²) in [7, 11) is 0. The summed E-state index contributed by atoms with van der Waals surface area (Å²) in [5.74, 6) is -0.292. The third-order valence-electron chi connectivity index (χ3n) is 2.59. The molecule has 4 heteroatoms. The number of anilines is 1. The monoisotopic (exact) mass is 238 g/mol. The van der Waals surface area contributed by atoms with Gasteiger partial charge in [0.25, 0.3) is 0 Å². The quantitative estimate of drug-likeness (QED) is 0.623. The van der Waals surface area contributed by atoms with Crippen molar-refractivity contribution in [1.82, 2.24) is 0 Å². The lowest BCUT2D eigenvalue weighted by Gasteiger charge is -2.26. The Bertz CT molecular complexity index is 402. The second-order valence-corrected chi connectivity index (χ2v) is 5.27. The van der Waals surface area contributed by atoms with E-state index in [0.29, 0.717) is 6.42 Å². The molecule has 0 saturated carbocycles. The zero-order valence-corrected chi connectivity index (χ0v) is 10.7. The molecule has 0 atom stereocenters.